The summed E-state index contributed by atoms with van der Waals surface area (Å²) in [6.45, 7) is 6.16. The zero-order valence-electron chi connectivity index (χ0n) is 14.1. The number of carbonyl (C=O) groups is 1. The van der Waals surface area contributed by atoms with Gasteiger partial charge in [-0.2, -0.15) is 0 Å². The highest BCUT2D eigenvalue weighted by Gasteiger charge is 2.20. The molecule has 0 aliphatic heterocycles. The molecule has 0 aromatic heterocycles. The van der Waals surface area contributed by atoms with Gasteiger partial charge in [0.25, 0.3) is 5.91 Å². The van der Waals surface area contributed by atoms with Crippen LogP contribution < -0.4 is 10.1 Å². The van der Waals surface area contributed by atoms with Crippen molar-refractivity contribution in [3.8, 4) is 5.75 Å². The number of nitrogens with one attached hydrogen (secondary N) is 1. The zero-order chi connectivity index (χ0) is 16.7. The molecule has 1 atom stereocenters. The van der Waals surface area contributed by atoms with Gasteiger partial charge in [0.05, 0.1) is 0 Å². The molecule has 0 unspecified atom stereocenters. The Morgan fingerprint density at radius 2 is 1.57 bits per heavy atom. The molecular weight excluding hydrogens is 286 g/mol. The van der Waals surface area contributed by atoms with Crippen LogP contribution in [0.3, 0.4) is 0 Å². The minimum absolute atomic E-state index is 0.0908. The monoisotopic (exact) mass is 311 g/mol. The average molecular weight is 311 g/mol. The van der Waals surface area contributed by atoms with E-state index in [9.17, 15) is 4.79 Å². The first-order valence-corrected chi connectivity index (χ1v) is 8.32. The maximum atomic E-state index is 12.6. The number of anilines is 1. The van der Waals surface area contributed by atoms with Crippen molar-refractivity contribution in [3.63, 3.8) is 0 Å². The molecule has 0 aliphatic carbocycles. The molecule has 2 aromatic rings. The Kier molecular flexibility index (Phi) is 6.21. The number of amides is 1. The third-order valence-corrected chi connectivity index (χ3v) is 3.93. The maximum Gasteiger partial charge on any atom is 0.265 e. The molecule has 0 bridgehead atoms. The van der Waals surface area contributed by atoms with E-state index in [0.29, 0.717) is 12.2 Å². The first kappa shape index (κ1) is 17.1. The highest BCUT2D eigenvalue weighted by atomic mass is 16.5. The summed E-state index contributed by atoms with van der Waals surface area (Å²) in [6.07, 6.45) is 1.91. The Morgan fingerprint density at radius 1 is 0.957 bits per heavy atom. The van der Waals surface area contributed by atoms with Gasteiger partial charge in [-0.3, -0.25) is 4.79 Å². The summed E-state index contributed by atoms with van der Waals surface area (Å²) in [5.41, 5.74) is 3.26. The lowest BCUT2D eigenvalue weighted by atomic mass is 10.0. The van der Waals surface area contributed by atoms with Crippen LogP contribution in [0.25, 0.3) is 0 Å². The highest BCUT2D eigenvalue weighted by molar-refractivity contribution is 5.95. The summed E-state index contributed by atoms with van der Waals surface area (Å²) in [4.78, 5) is 12.6. The van der Waals surface area contributed by atoms with Gasteiger partial charge in [0.1, 0.15) is 5.75 Å². The van der Waals surface area contributed by atoms with Gasteiger partial charge in [0.2, 0.25) is 0 Å². The molecule has 2 aromatic carbocycles. The zero-order valence-corrected chi connectivity index (χ0v) is 14.1. The van der Waals surface area contributed by atoms with Gasteiger partial charge in [0.15, 0.2) is 6.10 Å². The fraction of sp³-hybridized carbons (Fsp3) is 0.350. The van der Waals surface area contributed by atoms with Crippen LogP contribution in [0.4, 0.5) is 5.69 Å². The van der Waals surface area contributed by atoms with Gasteiger partial charge < -0.3 is 10.1 Å². The molecule has 0 saturated heterocycles. The summed E-state index contributed by atoms with van der Waals surface area (Å²) < 4.78 is 5.83. The Balaban J connectivity index is 2.17. The van der Waals surface area contributed by atoms with Crippen LogP contribution >= 0.6 is 0 Å². The third-order valence-electron chi connectivity index (χ3n) is 3.93. The van der Waals surface area contributed by atoms with Crippen molar-refractivity contribution in [2.75, 3.05) is 5.32 Å². The molecule has 3 nitrogen and oxygen atoms in total. The second kappa shape index (κ2) is 8.37. The normalized spacial score (nSPS) is 11.8. The molecular formula is C20H25NO2. The number of hydrogen-bond donors (Lipinski definition) is 1. The lowest BCUT2D eigenvalue weighted by molar-refractivity contribution is -0.122. The van der Waals surface area contributed by atoms with E-state index in [4.69, 9.17) is 4.74 Å². The van der Waals surface area contributed by atoms with Crippen LogP contribution in [0.1, 0.15) is 38.3 Å². The van der Waals surface area contributed by atoms with Gasteiger partial charge >= 0.3 is 0 Å². The van der Waals surface area contributed by atoms with Crippen molar-refractivity contribution in [2.24, 2.45) is 0 Å². The van der Waals surface area contributed by atoms with E-state index in [1.165, 1.54) is 0 Å². The van der Waals surface area contributed by atoms with E-state index >= 15 is 0 Å². The van der Waals surface area contributed by atoms with Crippen molar-refractivity contribution in [3.05, 3.63) is 59.7 Å². The van der Waals surface area contributed by atoms with E-state index in [1.807, 2.05) is 43.3 Å². The fourth-order valence-electron chi connectivity index (χ4n) is 2.59. The quantitative estimate of drug-likeness (QED) is 0.811. The molecule has 23 heavy (non-hydrogen) atoms. The average Bonchev–Trinajstić information content (AvgIpc) is 2.60. The second-order valence-corrected chi connectivity index (χ2v) is 5.48. The molecule has 0 saturated carbocycles. The van der Waals surface area contributed by atoms with Crippen LogP contribution in [-0.2, 0) is 17.6 Å². The maximum absolute atomic E-state index is 12.6. The number of aryl methyl sites for hydroxylation is 2. The Morgan fingerprint density at radius 3 is 2.09 bits per heavy atom. The summed E-state index contributed by atoms with van der Waals surface area (Å²) >= 11 is 0. The first-order chi connectivity index (χ1) is 11.2. The second-order valence-electron chi connectivity index (χ2n) is 5.48. The molecule has 1 amide bonds. The van der Waals surface area contributed by atoms with E-state index < -0.39 is 6.10 Å². The Bertz CT molecular complexity index is 615. The molecule has 122 valence electrons. The lowest BCUT2D eigenvalue weighted by Crippen LogP contribution is -2.33. The van der Waals surface area contributed by atoms with Crippen molar-refractivity contribution in [1.82, 2.24) is 0 Å². The summed E-state index contributed by atoms with van der Waals surface area (Å²) in [5, 5.41) is 3.09. The van der Waals surface area contributed by atoms with Crippen LogP contribution in [0.5, 0.6) is 5.75 Å². The topological polar surface area (TPSA) is 38.3 Å². The van der Waals surface area contributed by atoms with Crippen LogP contribution in [0.15, 0.2) is 48.5 Å². The molecule has 2 rings (SSSR count). The van der Waals surface area contributed by atoms with Crippen LogP contribution in [-0.4, -0.2) is 12.0 Å². The molecule has 1 N–H and O–H groups in total. The fourth-order valence-corrected chi connectivity index (χ4v) is 2.59. The number of benzene rings is 2. The smallest absolute Gasteiger partial charge is 0.265 e. The highest BCUT2D eigenvalue weighted by Crippen LogP contribution is 2.23. The van der Waals surface area contributed by atoms with Crippen molar-refractivity contribution in [1.29, 1.82) is 0 Å². The molecule has 0 heterocycles. The number of rotatable bonds is 7. The van der Waals surface area contributed by atoms with E-state index in [-0.39, 0.29) is 5.91 Å². The number of hydrogen-bond acceptors (Lipinski definition) is 2. The standard InChI is InChI=1S/C20H25NO2/c1-4-15-11-10-12-16(5-2)19(15)21-20(22)18(6-3)23-17-13-8-7-9-14-17/h7-14,18H,4-6H2,1-3H3,(H,21,22)/t18-/m0/s1. The largest absolute Gasteiger partial charge is 0.481 e. The summed E-state index contributed by atoms with van der Waals surface area (Å²) in [7, 11) is 0. The van der Waals surface area contributed by atoms with Gasteiger partial charge in [-0.15, -0.1) is 0 Å². The lowest BCUT2D eigenvalue weighted by Gasteiger charge is -2.20. The van der Waals surface area contributed by atoms with Crippen LogP contribution in [0, 0.1) is 0 Å². The molecule has 0 fully saturated rings. The van der Waals surface area contributed by atoms with Crippen molar-refractivity contribution in [2.45, 2.75) is 46.1 Å². The molecule has 0 spiro atoms. The van der Waals surface area contributed by atoms with Crippen molar-refractivity contribution >= 4 is 11.6 Å². The summed E-state index contributed by atoms with van der Waals surface area (Å²) in [5.74, 6) is 0.626. The number of para-hydroxylation sites is 2. The molecule has 0 aliphatic rings. The Labute approximate surface area is 138 Å². The Hall–Kier alpha value is -2.29. The first-order valence-electron chi connectivity index (χ1n) is 8.32. The van der Waals surface area contributed by atoms with E-state index in [2.05, 4.69) is 31.3 Å². The van der Waals surface area contributed by atoms with E-state index in [1.54, 1.807) is 0 Å². The van der Waals surface area contributed by atoms with Gasteiger partial charge in [-0.05, 0) is 42.5 Å². The molecule has 3 heteroatoms. The van der Waals surface area contributed by atoms with Crippen LogP contribution in [0.2, 0.25) is 0 Å². The number of carbonyl (C=O) groups excluding carboxylic acids is 1. The minimum atomic E-state index is -0.494. The minimum Gasteiger partial charge on any atom is -0.481 e. The van der Waals surface area contributed by atoms with Crippen molar-refractivity contribution < 1.29 is 9.53 Å². The van der Waals surface area contributed by atoms with Gasteiger partial charge in [0, 0.05) is 5.69 Å². The number of ether oxygens (including phenoxy) is 1. The SMILES string of the molecule is CCc1cccc(CC)c1NC(=O)[C@H](CC)Oc1ccccc1. The predicted molar refractivity (Wildman–Crippen MR) is 95.0 cm³/mol. The van der Waals surface area contributed by atoms with E-state index in [0.717, 1.165) is 29.7 Å². The van der Waals surface area contributed by atoms with Gasteiger partial charge in [-0.1, -0.05) is 57.2 Å². The van der Waals surface area contributed by atoms with Gasteiger partial charge in [-0.25, -0.2) is 0 Å². The predicted octanol–water partition coefficient (Wildman–Crippen LogP) is 4.61. The third kappa shape index (κ3) is 4.35. The molecule has 0 radical (unpaired) electrons. The summed E-state index contributed by atoms with van der Waals surface area (Å²) in [6, 6.07) is 15.6.